The summed E-state index contributed by atoms with van der Waals surface area (Å²) in [5.74, 6) is -0.115. The first kappa shape index (κ1) is 20.0. The van der Waals surface area contributed by atoms with Gasteiger partial charge in [-0.2, -0.15) is 5.10 Å². The van der Waals surface area contributed by atoms with Crippen molar-refractivity contribution in [2.45, 2.75) is 26.7 Å². The van der Waals surface area contributed by atoms with E-state index in [2.05, 4.69) is 22.3 Å². The lowest BCUT2D eigenvalue weighted by Crippen LogP contribution is -2.20. The second kappa shape index (κ2) is 8.59. The molecule has 0 radical (unpaired) electrons. The van der Waals surface area contributed by atoms with Crippen LogP contribution in [0, 0.1) is 5.92 Å². The first-order valence-corrected chi connectivity index (χ1v) is 10.8. The molecule has 3 heterocycles. The Morgan fingerprint density at radius 1 is 1.20 bits per heavy atom. The predicted molar refractivity (Wildman–Crippen MR) is 119 cm³/mol. The lowest BCUT2D eigenvalue weighted by atomic mass is 10.1. The highest BCUT2D eigenvalue weighted by molar-refractivity contribution is 7.12. The largest absolute Gasteiger partial charge is 0.326 e. The van der Waals surface area contributed by atoms with Crippen LogP contribution in [0.25, 0.3) is 16.9 Å². The van der Waals surface area contributed by atoms with Gasteiger partial charge in [0, 0.05) is 23.4 Å². The zero-order valence-electron chi connectivity index (χ0n) is 16.8. The molecule has 0 fully saturated rings. The molecule has 0 bridgehead atoms. The number of hydrogen-bond donors (Lipinski definition) is 1. The molecule has 1 atom stereocenters. The molecule has 0 aliphatic heterocycles. The van der Waals surface area contributed by atoms with Crippen LogP contribution in [0.1, 0.15) is 41.9 Å². The highest BCUT2D eigenvalue weighted by atomic mass is 32.1. The minimum atomic E-state index is -0.0874. The van der Waals surface area contributed by atoms with Crippen molar-refractivity contribution in [2.75, 3.05) is 5.32 Å². The fourth-order valence-electron chi connectivity index (χ4n) is 3.40. The Balaban J connectivity index is 1.67. The molecule has 7 heteroatoms. The van der Waals surface area contributed by atoms with Gasteiger partial charge in [0.2, 0.25) is 11.7 Å². The molecular formula is C23H22N4O2S. The van der Waals surface area contributed by atoms with E-state index in [1.54, 1.807) is 23.0 Å². The van der Waals surface area contributed by atoms with Gasteiger partial charge in [-0.15, -0.1) is 11.3 Å². The third-order valence-corrected chi connectivity index (χ3v) is 5.85. The summed E-state index contributed by atoms with van der Waals surface area (Å²) in [4.78, 5) is 30.2. The van der Waals surface area contributed by atoms with Crippen LogP contribution in [0.5, 0.6) is 0 Å². The van der Waals surface area contributed by atoms with Crippen LogP contribution in [-0.2, 0) is 4.79 Å². The third-order valence-electron chi connectivity index (χ3n) is 4.99. The zero-order valence-corrected chi connectivity index (χ0v) is 17.6. The number of carbonyl (C=O) groups excluding carboxylic acids is 2. The number of aromatic nitrogens is 3. The van der Waals surface area contributed by atoms with Gasteiger partial charge in [0.1, 0.15) is 0 Å². The number of nitrogens with one attached hydrogen (secondary N) is 1. The molecule has 0 aliphatic rings. The summed E-state index contributed by atoms with van der Waals surface area (Å²) in [5, 5.41) is 9.28. The quantitative estimate of drug-likeness (QED) is 0.426. The van der Waals surface area contributed by atoms with Gasteiger partial charge in [-0.25, -0.2) is 9.50 Å². The van der Waals surface area contributed by atoms with Crippen molar-refractivity contribution in [3.8, 4) is 11.3 Å². The van der Waals surface area contributed by atoms with Crippen molar-refractivity contribution in [3.63, 3.8) is 0 Å². The molecule has 4 aromatic rings. The Hall–Kier alpha value is -3.32. The minimum absolute atomic E-state index is 0.0109. The van der Waals surface area contributed by atoms with Crippen LogP contribution in [0.2, 0.25) is 0 Å². The fourth-order valence-corrected chi connectivity index (χ4v) is 4.07. The Bertz CT molecular complexity index is 1200. The van der Waals surface area contributed by atoms with E-state index in [-0.39, 0.29) is 17.6 Å². The number of carbonyl (C=O) groups is 2. The van der Waals surface area contributed by atoms with Gasteiger partial charge in [-0.05, 0) is 36.1 Å². The molecule has 1 amide bonds. The topological polar surface area (TPSA) is 76.4 Å². The number of thiophene rings is 1. The van der Waals surface area contributed by atoms with Crippen LogP contribution in [0.4, 0.5) is 5.69 Å². The Kier molecular flexibility index (Phi) is 5.72. The molecule has 0 saturated carbocycles. The predicted octanol–water partition coefficient (Wildman–Crippen LogP) is 5.06. The molecule has 1 aromatic carbocycles. The third kappa shape index (κ3) is 3.89. The SMILES string of the molecule is CCCC(C)C(=O)Nc1cccc(-c2ccnc3c(C(=O)c4cccs4)cnn23)c1. The van der Waals surface area contributed by atoms with Crippen molar-refractivity contribution >= 4 is 34.4 Å². The van der Waals surface area contributed by atoms with Gasteiger partial charge in [0.15, 0.2) is 5.65 Å². The van der Waals surface area contributed by atoms with Gasteiger partial charge in [0.25, 0.3) is 0 Å². The second-order valence-corrected chi connectivity index (χ2v) is 8.14. The molecule has 0 spiro atoms. The summed E-state index contributed by atoms with van der Waals surface area (Å²) >= 11 is 1.40. The zero-order chi connectivity index (χ0) is 21.1. The number of benzene rings is 1. The van der Waals surface area contributed by atoms with Gasteiger partial charge in [-0.1, -0.05) is 38.5 Å². The maximum atomic E-state index is 12.8. The molecule has 4 rings (SSSR count). The van der Waals surface area contributed by atoms with E-state index >= 15 is 0 Å². The van der Waals surface area contributed by atoms with Crippen molar-refractivity contribution in [1.82, 2.24) is 14.6 Å². The Labute approximate surface area is 178 Å². The van der Waals surface area contributed by atoms with E-state index in [1.165, 1.54) is 11.3 Å². The summed E-state index contributed by atoms with van der Waals surface area (Å²) in [6.45, 7) is 4.01. The summed E-state index contributed by atoms with van der Waals surface area (Å²) in [5.41, 5.74) is 3.38. The monoisotopic (exact) mass is 418 g/mol. The number of amides is 1. The van der Waals surface area contributed by atoms with E-state index in [1.807, 2.05) is 48.7 Å². The molecule has 0 saturated heterocycles. The van der Waals surface area contributed by atoms with Crippen molar-refractivity contribution < 1.29 is 9.59 Å². The molecule has 152 valence electrons. The second-order valence-electron chi connectivity index (χ2n) is 7.19. The summed E-state index contributed by atoms with van der Waals surface area (Å²) in [7, 11) is 0. The normalized spacial score (nSPS) is 12.1. The number of nitrogens with zero attached hydrogens (tertiary/aromatic N) is 3. The average molecular weight is 419 g/mol. The van der Waals surface area contributed by atoms with Crippen LogP contribution in [0.15, 0.2) is 60.2 Å². The fraction of sp³-hybridized carbons (Fsp3) is 0.217. The van der Waals surface area contributed by atoms with Gasteiger partial charge in [-0.3, -0.25) is 9.59 Å². The number of hydrogen-bond acceptors (Lipinski definition) is 5. The van der Waals surface area contributed by atoms with Crippen LogP contribution in [0.3, 0.4) is 0 Å². The number of anilines is 1. The van der Waals surface area contributed by atoms with E-state index < -0.39 is 0 Å². The highest BCUT2D eigenvalue weighted by Crippen LogP contribution is 2.25. The van der Waals surface area contributed by atoms with Crippen molar-refractivity contribution in [3.05, 3.63) is 70.7 Å². The molecule has 6 nitrogen and oxygen atoms in total. The van der Waals surface area contributed by atoms with E-state index in [4.69, 9.17) is 0 Å². The Morgan fingerprint density at radius 2 is 2.07 bits per heavy atom. The smallest absolute Gasteiger partial charge is 0.227 e. The van der Waals surface area contributed by atoms with Crippen molar-refractivity contribution in [1.29, 1.82) is 0 Å². The van der Waals surface area contributed by atoms with Crippen LogP contribution in [-0.4, -0.2) is 26.3 Å². The van der Waals surface area contributed by atoms with Crippen molar-refractivity contribution in [2.24, 2.45) is 5.92 Å². The molecule has 3 aromatic heterocycles. The minimum Gasteiger partial charge on any atom is -0.326 e. The molecule has 30 heavy (non-hydrogen) atoms. The summed E-state index contributed by atoms with van der Waals surface area (Å²) < 4.78 is 1.67. The van der Waals surface area contributed by atoms with E-state index in [0.717, 1.165) is 29.8 Å². The first-order valence-electron chi connectivity index (χ1n) is 9.90. The van der Waals surface area contributed by atoms with Gasteiger partial charge in [0.05, 0.1) is 22.3 Å². The number of ketones is 1. The lowest BCUT2D eigenvalue weighted by Gasteiger charge is -2.12. The summed E-state index contributed by atoms with van der Waals surface area (Å²) in [6, 6.07) is 13.1. The lowest BCUT2D eigenvalue weighted by molar-refractivity contribution is -0.119. The summed E-state index contributed by atoms with van der Waals surface area (Å²) in [6.07, 6.45) is 5.05. The first-order chi connectivity index (χ1) is 14.6. The highest BCUT2D eigenvalue weighted by Gasteiger charge is 2.19. The number of rotatable bonds is 7. The maximum Gasteiger partial charge on any atom is 0.227 e. The van der Waals surface area contributed by atoms with Crippen LogP contribution >= 0.6 is 11.3 Å². The van der Waals surface area contributed by atoms with Crippen LogP contribution < -0.4 is 5.32 Å². The maximum absolute atomic E-state index is 12.8. The van der Waals surface area contributed by atoms with Gasteiger partial charge >= 0.3 is 0 Å². The average Bonchev–Trinajstić information content (AvgIpc) is 3.43. The molecular weight excluding hydrogens is 396 g/mol. The Morgan fingerprint density at radius 3 is 2.83 bits per heavy atom. The molecule has 1 unspecified atom stereocenters. The standard InChI is InChI=1S/C23H22N4O2S/c1-3-6-15(2)23(29)26-17-8-4-7-16(13-17)19-10-11-24-22-18(14-25-27(19)22)21(28)20-9-5-12-30-20/h4-5,7-15H,3,6H2,1-2H3,(H,26,29). The molecule has 1 N–H and O–H groups in total. The van der Waals surface area contributed by atoms with E-state index in [0.29, 0.717) is 16.1 Å². The molecule has 0 aliphatic carbocycles. The number of fused-ring (bicyclic) bond motifs is 1. The van der Waals surface area contributed by atoms with E-state index in [9.17, 15) is 9.59 Å². The van der Waals surface area contributed by atoms with Gasteiger partial charge < -0.3 is 5.32 Å².